The molecule has 1 aromatic heterocycles. The summed E-state index contributed by atoms with van der Waals surface area (Å²) in [4.78, 5) is 6.18. The van der Waals surface area contributed by atoms with Crippen LogP contribution in [0.15, 0.2) is 60.8 Å². The van der Waals surface area contributed by atoms with Crippen molar-refractivity contribution in [2.45, 2.75) is 38.9 Å². The highest BCUT2D eigenvalue weighted by Crippen LogP contribution is 2.32. The molecule has 1 aliphatic rings. The first-order valence-electron chi connectivity index (χ1n) is 10.4. The van der Waals surface area contributed by atoms with Gasteiger partial charge in [-0.15, -0.1) is 0 Å². The number of rotatable bonds is 6. The zero-order valence-corrected chi connectivity index (χ0v) is 17.4. The van der Waals surface area contributed by atoms with Gasteiger partial charge < -0.3 is 14.7 Å². The van der Waals surface area contributed by atoms with Crippen LogP contribution in [0, 0.1) is 12.7 Å². The number of aromatic nitrogens is 1. The van der Waals surface area contributed by atoms with Gasteiger partial charge in [-0.1, -0.05) is 43.3 Å². The van der Waals surface area contributed by atoms with E-state index in [0.717, 1.165) is 24.2 Å². The van der Waals surface area contributed by atoms with Crippen LogP contribution in [0.4, 0.5) is 10.1 Å². The minimum absolute atomic E-state index is 0.0272. The fourth-order valence-electron chi connectivity index (χ4n) is 4.22. The molecule has 0 radical (unpaired) electrons. The van der Waals surface area contributed by atoms with Gasteiger partial charge in [0.15, 0.2) is 5.82 Å². The van der Waals surface area contributed by atoms with Gasteiger partial charge in [-0.05, 0) is 41.8 Å². The molecule has 2 heterocycles. The van der Waals surface area contributed by atoms with Crippen LogP contribution >= 0.6 is 0 Å². The molecular formula is C25H27FN2O2. The van der Waals surface area contributed by atoms with Gasteiger partial charge in [-0.2, -0.15) is 0 Å². The Kier molecular flexibility index (Phi) is 6.00. The third-order valence-electron chi connectivity index (χ3n) is 5.92. The van der Waals surface area contributed by atoms with Gasteiger partial charge in [-0.25, -0.2) is 9.37 Å². The lowest BCUT2D eigenvalue weighted by atomic mass is 9.89. The van der Waals surface area contributed by atoms with Crippen LogP contribution < -0.4 is 9.64 Å². The van der Waals surface area contributed by atoms with Crippen molar-refractivity contribution >= 4 is 5.69 Å². The molecule has 3 aromatic rings. The van der Waals surface area contributed by atoms with E-state index < -0.39 is 5.82 Å². The lowest BCUT2D eigenvalue weighted by Crippen LogP contribution is -2.26. The van der Waals surface area contributed by atoms with E-state index in [-0.39, 0.29) is 24.5 Å². The Hall–Kier alpha value is -2.92. The molecule has 1 unspecified atom stereocenters. The topological polar surface area (TPSA) is 45.6 Å². The van der Waals surface area contributed by atoms with E-state index in [1.54, 1.807) is 6.07 Å². The van der Waals surface area contributed by atoms with Crippen molar-refractivity contribution in [2.75, 3.05) is 18.0 Å². The average Bonchev–Trinajstić information content (AvgIpc) is 3.23. The first-order chi connectivity index (χ1) is 14.6. The van der Waals surface area contributed by atoms with Gasteiger partial charge in [0, 0.05) is 36.3 Å². The summed E-state index contributed by atoms with van der Waals surface area (Å²) in [7, 11) is 0. The fraction of sp³-hybridized carbons (Fsp3) is 0.320. The molecule has 0 aliphatic carbocycles. The normalized spacial score (nSPS) is 17.2. The molecule has 2 atom stereocenters. The molecule has 1 aliphatic heterocycles. The number of hydrogen-bond acceptors (Lipinski definition) is 4. The molecule has 2 aromatic carbocycles. The molecule has 0 saturated carbocycles. The van der Waals surface area contributed by atoms with Crippen LogP contribution in [0.2, 0.25) is 0 Å². The standard InChI is InChI=1S/C25H27FN2O2/c1-17-6-3-4-7-22(17)18(2)19-9-10-24(20(14-19)16-29)28-13-11-21(15-28)30-25-23(26)8-5-12-27-25/h3-10,12,14,18,21,29H,11,13,15-16H2,1-2H3/t18?,21-/m0/s1. The number of pyridine rings is 1. The minimum atomic E-state index is -0.443. The maximum absolute atomic E-state index is 13.8. The number of anilines is 1. The summed E-state index contributed by atoms with van der Waals surface area (Å²) in [6.07, 6.45) is 2.18. The maximum Gasteiger partial charge on any atom is 0.250 e. The molecule has 1 saturated heterocycles. The largest absolute Gasteiger partial charge is 0.470 e. The molecule has 156 valence electrons. The Morgan fingerprint density at radius 3 is 2.80 bits per heavy atom. The lowest BCUT2D eigenvalue weighted by Gasteiger charge is -2.24. The van der Waals surface area contributed by atoms with Crippen molar-refractivity contribution in [3.63, 3.8) is 0 Å². The van der Waals surface area contributed by atoms with Crippen molar-refractivity contribution in [3.05, 3.63) is 88.9 Å². The number of aryl methyl sites for hydroxylation is 1. The molecular weight excluding hydrogens is 379 g/mol. The van der Waals surface area contributed by atoms with Gasteiger partial charge in [-0.3, -0.25) is 0 Å². The predicted octanol–water partition coefficient (Wildman–Crippen LogP) is 4.83. The van der Waals surface area contributed by atoms with Gasteiger partial charge in [0.05, 0.1) is 13.2 Å². The summed E-state index contributed by atoms with van der Waals surface area (Å²) < 4.78 is 19.6. The molecule has 4 nitrogen and oxygen atoms in total. The second-order valence-electron chi connectivity index (χ2n) is 7.89. The van der Waals surface area contributed by atoms with Crippen LogP contribution in [-0.2, 0) is 6.61 Å². The van der Waals surface area contributed by atoms with E-state index in [4.69, 9.17) is 4.74 Å². The monoisotopic (exact) mass is 406 g/mol. The van der Waals surface area contributed by atoms with Crippen molar-refractivity contribution in [3.8, 4) is 5.88 Å². The fourth-order valence-corrected chi connectivity index (χ4v) is 4.22. The second kappa shape index (κ2) is 8.84. The van der Waals surface area contributed by atoms with Crippen molar-refractivity contribution in [1.82, 2.24) is 4.98 Å². The molecule has 0 amide bonds. The van der Waals surface area contributed by atoms with Crippen molar-refractivity contribution in [2.24, 2.45) is 0 Å². The molecule has 5 heteroatoms. The summed E-state index contributed by atoms with van der Waals surface area (Å²) in [6, 6.07) is 17.6. The van der Waals surface area contributed by atoms with Crippen molar-refractivity contribution < 1.29 is 14.2 Å². The van der Waals surface area contributed by atoms with Crippen LogP contribution in [0.25, 0.3) is 0 Å². The van der Waals surface area contributed by atoms with Gasteiger partial charge in [0.25, 0.3) is 5.88 Å². The maximum atomic E-state index is 13.8. The summed E-state index contributed by atoms with van der Waals surface area (Å²) in [5, 5.41) is 10.0. The average molecular weight is 407 g/mol. The smallest absolute Gasteiger partial charge is 0.250 e. The van der Waals surface area contributed by atoms with Crippen molar-refractivity contribution in [1.29, 1.82) is 0 Å². The predicted molar refractivity (Wildman–Crippen MR) is 117 cm³/mol. The Bertz CT molecular complexity index is 1020. The minimum Gasteiger partial charge on any atom is -0.470 e. The summed E-state index contributed by atoms with van der Waals surface area (Å²) >= 11 is 0. The number of ether oxygens (including phenoxy) is 1. The number of hydrogen-bond donors (Lipinski definition) is 1. The molecule has 4 rings (SSSR count). The third kappa shape index (κ3) is 4.17. The van der Waals surface area contributed by atoms with Crippen LogP contribution in [0.5, 0.6) is 5.88 Å². The zero-order valence-electron chi connectivity index (χ0n) is 17.4. The highest BCUT2D eigenvalue weighted by atomic mass is 19.1. The Morgan fingerprint density at radius 1 is 1.20 bits per heavy atom. The highest BCUT2D eigenvalue weighted by Gasteiger charge is 2.27. The Labute approximate surface area is 177 Å². The number of aliphatic hydroxyl groups excluding tert-OH is 1. The third-order valence-corrected chi connectivity index (χ3v) is 5.92. The number of halogens is 1. The number of aliphatic hydroxyl groups is 1. The molecule has 1 fully saturated rings. The first kappa shape index (κ1) is 20.4. The second-order valence-corrected chi connectivity index (χ2v) is 7.89. The lowest BCUT2D eigenvalue weighted by molar-refractivity contribution is 0.205. The summed E-state index contributed by atoms with van der Waals surface area (Å²) in [6.45, 7) is 5.72. The number of benzene rings is 2. The van der Waals surface area contributed by atoms with Crippen LogP contribution in [0.1, 0.15) is 41.5 Å². The molecule has 1 N–H and O–H groups in total. The summed E-state index contributed by atoms with van der Waals surface area (Å²) in [5.41, 5.74) is 5.64. The summed E-state index contributed by atoms with van der Waals surface area (Å²) in [5.74, 6) is -0.150. The van der Waals surface area contributed by atoms with E-state index in [0.29, 0.717) is 6.54 Å². The molecule has 0 bridgehead atoms. The molecule has 30 heavy (non-hydrogen) atoms. The van der Waals surface area contributed by atoms with E-state index in [1.807, 2.05) is 0 Å². The highest BCUT2D eigenvalue weighted by molar-refractivity contribution is 5.57. The first-order valence-corrected chi connectivity index (χ1v) is 10.4. The quantitative estimate of drug-likeness (QED) is 0.637. The Morgan fingerprint density at radius 2 is 2.03 bits per heavy atom. The van der Waals surface area contributed by atoms with Crippen LogP contribution in [0.3, 0.4) is 0 Å². The SMILES string of the molecule is Cc1ccccc1C(C)c1ccc(N2CC[C@H](Oc3ncccc3F)C2)c(CO)c1. The molecule has 0 spiro atoms. The van der Waals surface area contributed by atoms with Gasteiger partial charge >= 0.3 is 0 Å². The van der Waals surface area contributed by atoms with E-state index in [1.165, 1.54) is 29.0 Å². The number of nitrogens with zero attached hydrogens (tertiary/aromatic N) is 2. The van der Waals surface area contributed by atoms with E-state index in [2.05, 4.69) is 66.2 Å². The van der Waals surface area contributed by atoms with E-state index >= 15 is 0 Å². The van der Waals surface area contributed by atoms with E-state index in [9.17, 15) is 9.50 Å². The van der Waals surface area contributed by atoms with Gasteiger partial charge in [0.2, 0.25) is 0 Å². The van der Waals surface area contributed by atoms with Crippen LogP contribution in [-0.4, -0.2) is 29.3 Å². The zero-order chi connectivity index (χ0) is 21.1. The Balaban J connectivity index is 1.51. The van der Waals surface area contributed by atoms with Gasteiger partial charge in [0.1, 0.15) is 6.10 Å².